The highest BCUT2D eigenvalue weighted by Gasteiger charge is 2.15. The molecule has 0 radical (unpaired) electrons. The van der Waals surface area contributed by atoms with Crippen LogP contribution in [-0.4, -0.2) is 14.3 Å². The van der Waals surface area contributed by atoms with Gasteiger partial charge in [-0.2, -0.15) is 0 Å². The van der Waals surface area contributed by atoms with Gasteiger partial charge in [-0.25, -0.2) is 4.98 Å². The van der Waals surface area contributed by atoms with E-state index in [1.54, 1.807) is 28.8 Å². The van der Waals surface area contributed by atoms with E-state index >= 15 is 0 Å². The van der Waals surface area contributed by atoms with E-state index in [2.05, 4.69) is 4.98 Å². The number of aromatic nitrogens is 2. The zero-order valence-electron chi connectivity index (χ0n) is 10.5. The fourth-order valence-electron chi connectivity index (χ4n) is 2.04. The number of benzene rings is 1. The predicted molar refractivity (Wildman–Crippen MR) is 81.7 cm³/mol. The molecule has 0 amide bonds. The van der Waals surface area contributed by atoms with Crippen LogP contribution < -0.4 is 5.73 Å². The summed E-state index contributed by atoms with van der Waals surface area (Å²) in [6.45, 7) is 0. The zero-order chi connectivity index (χ0) is 15.1. The average Bonchev–Trinajstić information content (AvgIpc) is 2.77. The number of hydrogen-bond donors (Lipinski definition) is 1. The molecule has 8 heteroatoms. The van der Waals surface area contributed by atoms with E-state index in [0.717, 1.165) is 0 Å². The zero-order valence-corrected chi connectivity index (χ0v) is 12.0. The molecular formula is C13H8Cl2N4O2. The van der Waals surface area contributed by atoms with Gasteiger partial charge >= 0.3 is 0 Å². The van der Waals surface area contributed by atoms with Gasteiger partial charge in [-0.05, 0) is 18.2 Å². The van der Waals surface area contributed by atoms with Crippen LogP contribution in [0.5, 0.6) is 0 Å². The highest BCUT2D eigenvalue weighted by molar-refractivity contribution is 6.36. The monoisotopic (exact) mass is 322 g/mol. The normalized spacial score (nSPS) is 11.0. The maximum absolute atomic E-state index is 10.7. The SMILES string of the molecule is Nc1c(-c2ccc([N+](=O)[O-])cc2)nc2c(Cl)cc(Cl)cn12. The predicted octanol–water partition coefficient (Wildman–Crippen LogP) is 3.80. The summed E-state index contributed by atoms with van der Waals surface area (Å²) < 4.78 is 1.58. The Balaban J connectivity index is 2.18. The number of nitro benzene ring substituents is 1. The highest BCUT2D eigenvalue weighted by Crippen LogP contribution is 2.31. The highest BCUT2D eigenvalue weighted by atomic mass is 35.5. The molecule has 0 spiro atoms. The molecule has 0 aliphatic carbocycles. The van der Waals surface area contributed by atoms with E-state index in [0.29, 0.717) is 32.8 Å². The van der Waals surface area contributed by atoms with Crippen molar-refractivity contribution in [2.24, 2.45) is 0 Å². The minimum absolute atomic E-state index is 0.00200. The number of halogens is 2. The summed E-state index contributed by atoms with van der Waals surface area (Å²) in [6.07, 6.45) is 1.61. The Morgan fingerprint density at radius 1 is 1.24 bits per heavy atom. The molecule has 0 unspecified atom stereocenters. The van der Waals surface area contributed by atoms with Gasteiger partial charge in [0.05, 0.1) is 15.0 Å². The lowest BCUT2D eigenvalue weighted by atomic mass is 10.1. The summed E-state index contributed by atoms with van der Waals surface area (Å²) in [5.74, 6) is 0.364. The van der Waals surface area contributed by atoms with Crippen molar-refractivity contribution < 1.29 is 4.92 Å². The number of nitrogens with two attached hydrogens (primary N) is 1. The van der Waals surface area contributed by atoms with Crippen LogP contribution >= 0.6 is 23.2 Å². The molecule has 2 heterocycles. The number of nitro groups is 1. The molecule has 6 nitrogen and oxygen atoms in total. The van der Waals surface area contributed by atoms with Gasteiger partial charge in [0.15, 0.2) is 5.65 Å². The number of imidazole rings is 1. The molecule has 2 N–H and O–H groups in total. The summed E-state index contributed by atoms with van der Waals surface area (Å²) in [5.41, 5.74) is 7.69. The number of fused-ring (bicyclic) bond motifs is 1. The molecule has 0 atom stereocenters. The topological polar surface area (TPSA) is 86.5 Å². The molecule has 1 aromatic carbocycles. The Morgan fingerprint density at radius 2 is 1.90 bits per heavy atom. The van der Waals surface area contributed by atoms with E-state index in [1.165, 1.54) is 12.1 Å². The molecule has 3 rings (SSSR count). The number of anilines is 1. The van der Waals surface area contributed by atoms with Crippen LogP contribution in [0.15, 0.2) is 36.5 Å². The molecular weight excluding hydrogens is 315 g/mol. The van der Waals surface area contributed by atoms with Gasteiger partial charge in [0.2, 0.25) is 0 Å². The molecule has 3 aromatic rings. The largest absolute Gasteiger partial charge is 0.383 e. The van der Waals surface area contributed by atoms with E-state index in [1.807, 2.05) is 0 Å². The van der Waals surface area contributed by atoms with Gasteiger partial charge in [-0.15, -0.1) is 0 Å². The van der Waals surface area contributed by atoms with Crippen molar-refractivity contribution in [3.63, 3.8) is 0 Å². The molecule has 0 saturated carbocycles. The molecule has 0 aliphatic heterocycles. The summed E-state index contributed by atoms with van der Waals surface area (Å²) in [6, 6.07) is 7.54. The van der Waals surface area contributed by atoms with E-state index in [9.17, 15) is 10.1 Å². The first-order chi connectivity index (χ1) is 9.97. The first-order valence-electron chi connectivity index (χ1n) is 5.85. The Kier molecular flexibility index (Phi) is 3.19. The van der Waals surface area contributed by atoms with Gasteiger partial charge in [-0.3, -0.25) is 14.5 Å². The third-order valence-corrected chi connectivity index (χ3v) is 3.52. The lowest BCUT2D eigenvalue weighted by Gasteiger charge is -2.00. The Labute approximate surface area is 128 Å². The Hall–Kier alpha value is -2.31. The van der Waals surface area contributed by atoms with Crippen molar-refractivity contribution in [1.29, 1.82) is 0 Å². The molecule has 0 bridgehead atoms. The van der Waals surface area contributed by atoms with Crippen molar-refractivity contribution in [3.8, 4) is 11.3 Å². The molecule has 106 valence electrons. The van der Waals surface area contributed by atoms with Gasteiger partial charge in [0, 0.05) is 23.9 Å². The molecule has 21 heavy (non-hydrogen) atoms. The summed E-state index contributed by atoms with van der Waals surface area (Å²) in [4.78, 5) is 14.6. The van der Waals surface area contributed by atoms with Crippen LogP contribution in [0.25, 0.3) is 16.9 Å². The van der Waals surface area contributed by atoms with Crippen LogP contribution in [0.3, 0.4) is 0 Å². The minimum atomic E-state index is -0.465. The lowest BCUT2D eigenvalue weighted by Crippen LogP contribution is -1.94. The molecule has 2 aromatic heterocycles. The second-order valence-corrected chi connectivity index (χ2v) is 5.19. The van der Waals surface area contributed by atoms with Crippen LogP contribution in [0.4, 0.5) is 11.5 Å². The maximum atomic E-state index is 10.7. The molecule has 0 saturated heterocycles. The smallest absolute Gasteiger partial charge is 0.269 e. The minimum Gasteiger partial charge on any atom is -0.383 e. The second kappa shape index (κ2) is 4.91. The number of non-ortho nitro benzene ring substituents is 1. The van der Waals surface area contributed by atoms with Crippen molar-refractivity contribution in [2.45, 2.75) is 0 Å². The average molecular weight is 323 g/mol. The van der Waals surface area contributed by atoms with Crippen molar-refractivity contribution >= 4 is 40.4 Å². The number of nitrogens with zero attached hydrogens (tertiary/aromatic N) is 3. The number of hydrogen-bond acceptors (Lipinski definition) is 4. The van der Waals surface area contributed by atoms with Crippen LogP contribution in [0.2, 0.25) is 10.0 Å². The Bertz CT molecular complexity index is 859. The van der Waals surface area contributed by atoms with Crippen LogP contribution in [0.1, 0.15) is 0 Å². The molecule has 0 fully saturated rings. The summed E-state index contributed by atoms with van der Waals surface area (Å²) in [5, 5.41) is 11.5. The summed E-state index contributed by atoms with van der Waals surface area (Å²) in [7, 11) is 0. The Morgan fingerprint density at radius 3 is 2.52 bits per heavy atom. The number of nitrogen functional groups attached to an aromatic ring is 1. The molecule has 0 aliphatic rings. The number of pyridine rings is 1. The fraction of sp³-hybridized carbons (Fsp3) is 0. The fourth-order valence-corrected chi connectivity index (χ4v) is 2.56. The van der Waals surface area contributed by atoms with Gasteiger partial charge in [0.25, 0.3) is 5.69 Å². The second-order valence-electron chi connectivity index (χ2n) is 4.35. The number of rotatable bonds is 2. The maximum Gasteiger partial charge on any atom is 0.269 e. The lowest BCUT2D eigenvalue weighted by molar-refractivity contribution is -0.384. The standard InChI is InChI=1S/C13H8Cl2N4O2/c14-8-5-10(15)13-17-11(12(16)18(13)6-8)7-1-3-9(4-2-7)19(20)21/h1-6H,16H2. The van der Waals surface area contributed by atoms with Gasteiger partial charge in [0.1, 0.15) is 11.5 Å². The van der Waals surface area contributed by atoms with E-state index in [4.69, 9.17) is 28.9 Å². The van der Waals surface area contributed by atoms with Crippen molar-refractivity contribution in [3.05, 3.63) is 56.7 Å². The first-order valence-corrected chi connectivity index (χ1v) is 6.60. The quantitative estimate of drug-likeness (QED) is 0.574. The van der Waals surface area contributed by atoms with Gasteiger partial charge in [-0.1, -0.05) is 23.2 Å². The van der Waals surface area contributed by atoms with Crippen molar-refractivity contribution in [2.75, 3.05) is 5.73 Å². The van der Waals surface area contributed by atoms with Crippen LogP contribution in [-0.2, 0) is 0 Å². The van der Waals surface area contributed by atoms with Crippen LogP contribution in [0, 0.1) is 10.1 Å². The first kappa shape index (κ1) is 13.7. The van der Waals surface area contributed by atoms with Crippen molar-refractivity contribution in [1.82, 2.24) is 9.38 Å². The van der Waals surface area contributed by atoms with E-state index < -0.39 is 4.92 Å². The van der Waals surface area contributed by atoms with E-state index in [-0.39, 0.29) is 5.69 Å². The summed E-state index contributed by atoms with van der Waals surface area (Å²) >= 11 is 12.0. The third kappa shape index (κ3) is 2.28. The third-order valence-electron chi connectivity index (χ3n) is 3.03. The van der Waals surface area contributed by atoms with Gasteiger partial charge < -0.3 is 5.73 Å².